The van der Waals surface area contributed by atoms with Crippen molar-refractivity contribution in [2.75, 3.05) is 17.2 Å². The smallest absolute Gasteiger partial charge is 0.230 e. The number of hydrogen-bond donors (Lipinski definition) is 4. The maximum Gasteiger partial charge on any atom is 0.230 e. The lowest BCUT2D eigenvalue weighted by Gasteiger charge is -2.18. The molecule has 1 aliphatic rings. The van der Waals surface area contributed by atoms with Crippen molar-refractivity contribution in [2.24, 2.45) is 11.8 Å². The zero-order valence-electron chi connectivity index (χ0n) is 15.3. The third-order valence-corrected chi connectivity index (χ3v) is 4.49. The van der Waals surface area contributed by atoms with E-state index in [4.69, 9.17) is 0 Å². The predicted molar refractivity (Wildman–Crippen MR) is 102 cm³/mol. The summed E-state index contributed by atoms with van der Waals surface area (Å²) in [6, 6.07) is 12.9. The summed E-state index contributed by atoms with van der Waals surface area (Å²) < 4.78 is 13.1. The van der Waals surface area contributed by atoms with Crippen molar-refractivity contribution in [3.63, 3.8) is 0 Å². The lowest BCUT2D eigenvalue weighted by Crippen LogP contribution is -2.29. The van der Waals surface area contributed by atoms with E-state index in [-0.39, 0.29) is 35.5 Å². The van der Waals surface area contributed by atoms with Crippen LogP contribution < -0.4 is 21.5 Å². The van der Waals surface area contributed by atoms with Gasteiger partial charge in [0.15, 0.2) is 0 Å². The number of benzene rings is 2. The number of hydrogen-bond acceptors (Lipinski definition) is 4. The molecule has 1 saturated heterocycles. The van der Waals surface area contributed by atoms with Crippen molar-refractivity contribution in [3.8, 4) is 0 Å². The Hall–Kier alpha value is -2.77. The number of hydrazine groups is 1. The summed E-state index contributed by atoms with van der Waals surface area (Å²) >= 11 is 0. The molecule has 2 unspecified atom stereocenters. The van der Waals surface area contributed by atoms with E-state index >= 15 is 0 Å². The van der Waals surface area contributed by atoms with E-state index in [2.05, 4.69) is 21.5 Å². The van der Waals surface area contributed by atoms with E-state index < -0.39 is 0 Å². The molecule has 6 nitrogen and oxygen atoms in total. The number of halogens is 1. The summed E-state index contributed by atoms with van der Waals surface area (Å²) in [6.07, 6.45) is 0. The molecule has 0 saturated carbocycles. The van der Waals surface area contributed by atoms with Gasteiger partial charge in [-0.3, -0.25) is 15.0 Å². The molecule has 0 aromatic heterocycles. The van der Waals surface area contributed by atoms with E-state index in [1.807, 2.05) is 13.8 Å². The number of carbonyl (C=O) groups excluding carboxylic acids is 2. The zero-order valence-corrected chi connectivity index (χ0v) is 15.3. The first-order valence-electron chi connectivity index (χ1n) is 8.89. The summed E-state index contributed by atoms with van der Waals surface area (Å²) in [4.78, 5) is 24.4. The van der Waals surface area contributed by atoms with Gasteiger partial charge in [0.25, 0.3) is 0 Å². The van der Waals surface area contributed by atoms with Crippen molar-refractivity contribution in [1.29, 1.82) is 0 Å². The average Bonchev–Trinajstić information content (AvgIpc) is 3.13. The van der Waals surface area contributed by atoms with E-state index in [0.717, 1.165) is 5.56 Å². The van der Waals surface area contributed by atoms with Crippen LogP contribution in [-0.2, 0) is 9.59 Å². The van der Waals surface area contributed by atoms with Crippen LogP contribution in [0.3, 0.4) is 0 Å². The van der Waals surface area contributed by atoms with Gasteiger partial charge in [-0.1, -0.05) is 26.0 Å². The van der Waals surface area contributed by atoms with Gasteiger partial charge >= 0.3 is 0 Å². The highest BCUT2D eigenvalue weighted by Gasteiger charge is 2.34. The number of rotatable bonds is 5. The van der Waals surface area contributed by atoms with E-state index in [1.165, 1.54) is 12.1 Å². The summed E-state index contributed by atoms with van der Waals surface area (Å²) in [6.45, 7) is 4.12. The summed E-state index contributed by atoms with van der Waals surface area (Å²) in [5.41, 5.74) is 8.23. The lowest BCUT2D eigenvalue weighted by molar-refractivity contribution is -0.120. The molecular weight excluding hydrogens is 347 g/mol. The molecule has 1 heterocycles. The van der Waals surface area contributed by atoms with Crippen molar-refractivity contribution in [3.05, 3.63) is 59.9 Å². The Kier molecular flexibility index (Phi) is 5.83. The Bertz CT molecular complexity index is 806. The third-order valence-electron chi connectivity index (χ3n) is 4.49. The first-order valence-corrected chi connectivity index (χ1v) is 8.89. The van der Waals surface area contributed by atoms with E-state index in [9.17, 15) is 14.0 Å². The number of amides is 2. The van der Waals surface area contributed by atoms with Crippen LogP contribution in [0.2, 0.25) is 0 Å². The minimum Gasteiger partial charge on any atom is -0.326 e. The number of anilines is 2. The first-order chi connectivity index (χ1) is 12.9. The van der Waals surface area contributed by atoms with Crippen LogP contribution in [-0.4, -0.2) is 18.4 Å². The molecule has 2 aromatic rings. The molecule has 7 heteroatoms. The monoisotopic (exact) mass is 370 g/mol. The fourth-order valence-corrected chi connectivity index (χ4v) is 2.89. The summed E-state index contributed by atoms with van der Waals surface area (Å²) in [5, 5.41) is 5.70. The van der Waals surface area contributed by atoms with Crippen LogP contribution in [0.5, 0.6) is 0 Å². The molecular formula is C20H23FN4O2. The van der Waals surface area contributed by atoms with Gasteiger partial charge in [-0.25, -0.2) is 9.82 Å². The molecule has 2 amide bonds. The Labute approximate surface area is 157 Å². The van der Waals surface area contributed by atoms with Gasteiger partial charge in [0.05, 0.1) is 12.0 Å². The molecule has 3 rings (SSSR count). The molecule has 27 heavy (non-hydrogen) atoms. The van der Waals surface area contributed by atoms with Crippen molar-refractivity contribution < 1.29 is 14.0 Å². The van der Waals surface area contributed by atoms with Gasteiger partial charge < -0.3 is 10.6 Å². The van der Waals surface area contributed by atoms with Crippen LogP contribution >= 0.6 is 0 Å². The Morgan fingerprint density at radius 3 is 2.19 bits per heavy atom. The Morgan fingerprint density at radius 1 is 1.00 bits per heavy atom. The molecule has 2 aromatic carbocycles. The molecule has 0 bridgehead atoms. The Balaban J connectivity index is 1.64. The van der Waals surface area contributed by atoms with Gasteiger partial charge in [0, 0.05) is 23.8 Å². The lowest BCUT2D eigenvalue weighted by atomic mass is 9.94. The summed E-state index contributed by atoms with van der Waals surface area (Å²) in [7, 11) is 0. The highest BCUT2D eigenvalue weighted by molar-refractivity contribution is 5.95. The SMILES string of the molecule is CC(C)C(=O)Nc1ccc(NC(=O)C2CNNC2c2ccc(F)cc2)cc1. The van der Waals surface area contributed by atoms with Crippen LogP contribution in [0, 0.1) is 17.7 Å². The topological polar surface area (TPSA) is 82.3 Å². The maximum atomic E-state index is 13.1. The van der Waals surface area contributed by atoms with Gasteiger partial charge in [-0.05, 0) is 42.0 Å². The molecule has 0 radical (unpaired) electrons. The number of carbonyl (C=O) groups is 2. The maximum absolute atomic E-state index is 13.1. The second-order valence-corrected chi connectivity index (χ2v) is 6.87. The molecule has 142 valence electrons. The minimum absolute atomic E-state index is 0.0583. The molecule has 0 spiro atoms. The second kappa shape index (κ2) is 8.28. The van der Waals surface area contributed by atoms with Crippen LogP contribution in [0.1, 0.15) is 25.5 Å². The molecule has 0 aliphatic carbocycles. The molecule has 1 fully saturated rings. The van der Waals surface area contributed by atoms with Crippen molar-refractivity contribution in [2.45, 2.75) is 19.9 Å². The predicted octanol–water partition coefficient (Wildman–Crippen LogP) is 2.82. The standard InChI is InChI=1S/C20H23FN4O2/c1-12(2)19(26)23-15-7-9-16(10-8-15)24-20(27)17-11-22-25-18(17)13-3-5-14(21)6-4-13/h3-10,12,17-18,22,25H,11H2,1-2H3,(H,23,26)(H,24,27). The number of nitrogens with one attached hydrogen (secondary N) is 4. The average molecular weight is 370 g/mol. The van der Waals surface area contributed by atoms with E-state index in [0.29, 0.717) is 17.9 Å². The van der Waals surface area contributed by atoms with Gasteiger partial charge in [-0.15, -0.1) is 0 Å². The summed E-state index contributed by atoms with van der Waals surface area (Å²) in [5.74, 6) is -0.945. The highest BCUT2D eigenvalue weighted by atomic mass is 19.1. The third kappa shape index (κ3) is 4.69. The first kappa shape index (κ1) is 19.0. The van der Waals surface area contributed by atoms with Crippen molar-refractivity contribution in [1.82, 2.24) is 10.9 Å². The van der Waals surface area contributed by atoms with Crippen LogP contribution in [0.15, 0.2) is 48.5 Å². The Morgan fingerprint density at radius 2 is 1.59 bits per heavy atom. The van der Waals surface area contributed by atoms with Gasteiger partial charge in [0.2, 0.25) is 11.8 Å². The minimum atomic E-state index is -0.337. The van der Waals surface area contributed by atoms with E-state index in [1.54, 1.807) is 36.4 Å². The molecule has 1 aliphatic heterocycles. The van der Waals surface area contributed by atoms with Crippen LogP contribution in [0.25, 0.3) is 0 Å². The fraction of sp³-hybridized carbons (Fsp3) is 0.300. The fourth-order valence-electron chi connectivity index (χ4n) is 2.89. The largest absolute Gasteiger partial charge is 0.326 e. The zero-order chi connectivity index (χ0) is 19.4. The second-order valence-electron chi connectivity index (χ2n) is 6.87. The van der Waals surface area contributed by atoms with Crippen LogP contribution in [0.4, 0.5) is 15.8 Å². The normalized spacial score (nSPS) is 19.1. The van der Waals surface area contributed by atoms with Crippen molar-refractivity contribution >= 4 is 23.2 Å². The van der Waals surface area contributed by atoms with Gasteiger partial charge in [-0.2, -0.15) is 0 Å². The van der Waals surface area contributed by atoms with Gasteiger partial charge in [0.1, 0.15) is 5.82 Å². The molecule has 2 atom stereocenters. The highest BCUT2D eigenvalue weighted by Crippen LogP contribution is 2.26. The quantitative estimate of drug-likeness (QED) is 0.652. The molecule has 4 N–H and O–H groups in total.